The summed E-state index contributed by atoms with van der Waals surface area (Å²) in [5, 5.41) is 3.01. The van der Waals surface area contributed by atoms with Crippen molar-refractivity contribution in [2.75, 3.05) is 13.2 Å². The molecule has 4 rings (SSSR count). The highest BCUT2D eigenvalue weighted by Crippen LogP contribution is 2.32. The number of benzene rings is 1. The van der Waals surface area contributed by atoms with Gasteiger partial charge in [-0.1, -0.05) is 6.07 Å². The van der Waals surface area contributed by atoms with Crippen LogP contribution < -0.4 is 14.8 Å². The summed E-state index contributed by atoms with van der Waals surface area (Å²) in [5.74, 6) is 1.33. The molecule has 1 amide bonds. The third-order valence-corrected chi connectivity index (χ3v) is 4.06. The topological polar surface area (TPSA) is 64.9 Å². The largest absolute Gasteiger partial charge is 0.486 e. The quantitative estimate of drug-likeness (QED) is 0.805. The number of ether oxygens (including phenoxy) is 2. The molecule has 2 aromatic heterocycles. The van der Waals surface area contributed by atoms with E-state index in [1.807, 2.05) is 41.8 Å². The molecule has 1 aromatic carbocycles. The van der Waals surface area contributed by atoms with Crippen LogP contribution in [0.25, 0.3) is 5.65 Å². The monoisotopic (exact) mass is 323 g/mol. The third-order valence-electron chi connectivity index (χ3n) is 4.06. The zero-order chi connectivity index (χ0) is 16.5. The average molecular weight is 323 g/mol. The second-order valence-electron chi connectivity index (χ2n) is 5.71. The van der Waals surface area contributed by atoms with E-state index in [-0.39, 0.29) is 11.9 Å². The molecule has 122 valence electrons. The summed E-state index contributed by atoms with van der Waals surface area (Å²) in [4.78, 5) is 16.7. The fraction of sp³-hybridized carbons (Fsp3) is 0.222. The Hall–Kier alpha value is -3.02. The summed E-state index contributed by atoms with van der Waals surface area (Å²) in [5.41, 5.74) is 2.37. The smallest absolute Gasteiger partial charge is 0.253 e. The number of fused-ring (bicyclic) bond motifs is 2. The van der Waals surface area contributed by atoms with Crippen LogP contribution in [0, 0.1) is 0 Å². The Morgan fingerprint density at radius 3 is 2.92 bits per heavy atom. The van der Waals surface area contributed by atoms with E-state index in [0.717, 1.165) is 22.7 Å². The number of carbonyl (C=O) groups excluding carboxylic acids is 1. The van der Waals surface area contributed by atoms with Gasteiger partial charge in [-0.05, 0) is 36.8 Å². The number of rotatable bonds is 3. The Morgan fingerprint density at radius 2 is 2.04 bits per heavy atom. The SMILES string of the molecule is C[C@@H](NC(=O)c1ccc2nccn2c1)c1ccc2c(c1)OCCO2. The normalized spacial score (nSPS) is 14.4. The number of amides is 1. The fourth-order valence-electron chi connectivity index (χ4n) is 2.75. The first-order valence-corrected chi connectivity index (χ1v) is 7.84. The maximum absolute atomic E-state index is 12.5. The Morgan fingerprint density at radius 1 is 1.21 bits per heavy atom. The summed E-state index contributed by atoms with van der Waals surface area (Å²) in [6.45, 7) is 3.05. The number of carbonyl (C=O) groups is 1. The lowest BCUT2D eigenvalue weighted by molar-refractivity contribution is 0.0939. The van der Waals surface area contributed by atoms with Gasteiger partial charge in [0.25, 0.3) is 5.91 Å². The van der Waals surface area contributed by atoms with Gasteiger partial charge in [-0.25, -0.2) is 4.98 Å². The molecule has 3 aromatic rings. The fourth-order valence-corrected chi connectivity index (χ4v) is 2.75. The van der Waals surface area contributed by atoms with E-state index in [9.17, 15) is 4.79 Å². The Labute approximate surface area is 139 Å². The molecule has 0 aliphatic carbocycles. The van der Waals surface area contributed by atoms with Crippen LogP contribution in [0.1, 0.15) is 28.9 Å². The van der Waals surface area contributed by atoms with E-state index in [1.165, 1.54) is 0 Å². The van der Waals surface area contributed by atoms with Crippen molar-refractivity contribution in [3.05, 3.63) is 60.0 Å². The van der Waals surface area contributed by atoms with Gasteiger partial charge in [-0.15, -0.1) is 0 Å². The van der Waals surface area contributed by atoms with Gasteiger partial charge in [0.1, 0.15) is 18.9 Å². The van der Waals surface area contributed by atoms with E-state index < -0.39 is 0 Å². The molecule has 0 saturated heterocycles. The average Bonchev–Trinajstić information content (AvgIpc) is 3.08. The van der Waals surface area contributed by atoms with Gasteiger partial charge >= 0.3 is 0 Å². The zero-order valence-corrected chi connectivity index (χ0v) is 13.2. The van der Waals surface area contributed by atoms with Gasteiger partial charge in [0, 0.05) is 18.6 Å². The van der Waals surface area contributed by atoms with Crippen molar-refractivity contribution in [2.45, 2.75) is 13.0 Å². The minimum atomic E-state index is -0.146. The van der Waals surface area contributed by atoms with E-state index in [0.29, 0.717) is 18.8 Å². The van der Waals surface area contributed by atoms with Crippen LogP contribution in [0.15, 0.2) is 48.9 Å². The molecule has 6 nitrogen and oxygen atoms in total. The molecule has 0 bridgehead atoms. The predicted octanol–water partition coefficient (Wildman–Crippen LogP) is 2.60. The highest BCUT2D eigenvalue weighted by atomic mass is 16.6. The van der Waals surface area contributed by atoms with Crippen LogP contribution >= 0.6 is 0 Å². The first kappa shape index (κ1) is 14.6. The van der Waals surface area contributed by atoms with Gasteiger partial charge in [0.2, 0.25) is 0 Å². The Bertz CT molecular complexity index is 903. The molecule has 1 N–H and O–H groups in total. The summed E-state index contributed by atoms with van der Waals surface area (Å²) in [6.07, 6.45) is 5.29. The third kappa shape index (κ3) is 2.67. The van der Waals surface area contributed by atoms with Gasteiger partial charge in [0.15, 0.2) is 11.5 Å². The molecule has 3 heterocycles. The van der Waals surface area contributed by atoms with Crippen molar-refractivity contribution < 1.29 is 14.3 Å². The Balaban J connectivity index is 1.52. The lowest BCUT2D eigenvalue weighted by Gasteiger charge is -2.21. The van der Waals surface area contributed by atoms with Crippen LogP contribution in [-0.2, 0) is 0 Å². The molecule has 0 saturated carbocycles. The standard InChI is InChI=1S/C18H17N3O3/c1-12(13-2-4-15-16(10-13)24-9-8-23-15)20-18(22)14-3-5-17-19-6-7-21(17)11-14/h2-7,10-12H,8-9H2,1H3,(H,20,22)/t12-/m1/s1. The molecular formula is C18H17N3O3. The van der Waals surface area contributed by atoms with Gasteiger partial charge in [-0.3, -0.25) is 4.79 Å². The second kappa shape index (κ2) is 5.88. The van der Waals surface area contributed by atoms with Crippen LogP contribution in [0.3, 0.4) is 0 Å². The van der Waals surface area contributed by atoms with E-state index in [1.54, 1.807) is 18.5 Å². The molecule has 1 aliphatic heterocycles. The molecule has 1 aliphatic rings. The number of aromatic nitrogens is 2. The molecule has 1 atom stereocenters. The highest BCUT2D eigenvalue weighted by Gasteiger charge is 2.16. The van der Waals surface area contributed by atoms with E-state index in [4.69, 9.17) is 9.47 Å². The number of hydrogen-bond donors (Lipinski definition) is 1. The molecule has 24 heavy (non-hydrogen) atoms. The van der Waals surface area contributed by atoms with Crippen LogP contribution in [0.2, 0.25) is 0 Å². The van der Waals surface area contributed by atoms with Crippen molar-refractivity contribution in [1.82, 2.24) is 14.7 Å². The van der Waals surface area contributed by atoms with E-state index >= 15 is 0 Å². The summed E-state index contributed by atoms with van der Waals surface area (Å²) >= 11 is 0. The number of nitrogens with zero attached hydrogens (tertiary/aromatic N) is 2. The van der Waals surface area contributed by atoms with Crippen molar-refractivity contribution in [1.29, 1.82) is 0 Å². The van der Waals surface area contributed by atoms with Crippen LogP contribution in [0.5, 0.6) is 11.5 Å². The Kier molecular flexibility index (Phi) is 3.57. The number of imidazole rings is 1. The molecule has 0 fully saturated rings. The van der Waals surface area contributed by atoms with E-state index in [2.05, 4.69) is 10.3 Å². The van der Waals surface area contributed by atoms with Crippen molar-refractivity contribution in [2.24, 2.45) is 0 Å². The van der Waals surface area contributed by atoms with Crippen molar-refractivity contribution in [3.63, 3.8) is 0 Å². The zero-order valence-electron chi connectivity index (χ0n) is 13.2. The summed E-state index contributed by atoms with van der Waals surface area (Å²) in [7, 11) is 0. The molecule has 0 spiro atoms. The number of hydrogen-bond acceptors (Lipinski definition) is 4. The summed E-state index contributed by atoms with van der Waals surface area (Å²) < 4.78 is 12.9. The molecule has 0 unspecified atom stereocenters. The van der Waals surface area contributed by atoms with Crippen molar-refractivity contribution in [3.8, 4) is 11.5 Å². The minimum absolute atomic E-state index is 0.131. The molecular weight excluding hydrogens is 306 g/mol. The second-order valence-corrected chi connectivity index (χ2v) is 5.71. The van der Waals surface area contributed by atoms with Gasteiger partial charge in [0.05, 0.1) is 11.6 Å². The van der Waals surface area contributed by atoms with Crippen LogP contribution in [0.4, 0.5) is 0 Å². The first-order chi connectivity index (χ1) is 11.7. The highest BCUT2D eigenvalue weighted by molar-refractivity contribution is 5.94. The lowest BCUT2D eigenvalue weighted by Crippen LogP contribution is -2.27. The number of nitrogens with one attached hydrogen (secondary N) is 1. The summed E-state index contributed by atoms with van der Waals surface area (Å²) in [6, 6.07) is 9.18. The van der Waals surface area contributed by atoms with Gasteiger partial charge < -0.3 is 19.2 Å². The lowest BCUT2D eigenvalue weighted by atomic mass is 10.1. The number of pyridine rings is 1. The van der Waals surface area contributed by atoms with Gasteiger partial charge in [-0.2, -0.15) is 0 Å². The maximum Gasteiger partial charge on any atom is 0.253 e. The maximum atomic E-state index is 12.5. The van der Waals surface area contributed by atoms with Crippen molar-refractivity contribution >= 4 is 11.6 Å². The first-order valence-electron chi connectivity index (χ1n) is 7.84. The predicted molar refractivity (Wildman–Crippen MR) is 88.5 cm³/mol. The van der Waals surface area contributed by atoms with Crippen LogP contribution in [-0.4, -0.2) is 28.5 Å². The minimum Gasteiger partial charge on any atom is -0.486 e. The molecule has 6 heteroatoms. The molecule has 0 radical (unpaired) electrons.